The molecule has 2 aliphatic rings. The molecule has 0 bridgehead atoms. The van der Waals surface area contributed by atoms with Gasteiger partial charge in [-0.3, -0.25) is 14.5 Å². The molecule has 0 aromatic heterocycles. The van der Waals surface area contributed by atoms with Gasteiger partial charge in [-0.2, -0.15) is 0 Å². The molecule has 0 radical (unpaired) electrons. The Morgan fingerprint density at radius 1 is 1.29 bits per heavy atom. The Labute approximate surface area is 127 Å². The molecule has 2 saturated heterocycles. The highest BCUT2D eigenvalue weighted by Crippen LogP contribution is 2.17. The van der Waals surface area contributed by atoms with Crippen LogP contribution >= 0.6 is 0 Å². The SMILES string of the molecule is CN(CC(=O)N1CCCC(C(N)=O)C1)CC1CCNCC1. The van der Waals surface area contributed by atoms with Crippen molar-refractivity contribution in [3.8, 4) is 0 Å². The van der Waals surface area contributed by atoms with Crippen molar-refractivity contribution < 1.29 is 9.59 Å². The molecule has 0 spiro atoms. The highest BCUT2D eigenvalue weighted by Gasteiger charge is 2.27. The summed E-state index contributed by atoms with van der Waals surface area (Å²) < 4.78 is 0. The van der Waals surface area contributed by atoms with Gasteiger partial charge in [-0.25, -0.2) is 0 Å². The molecule has 0 saturated carbocycles. The highest BCUT2D eigenvalue weighted by atomic mass is 16.2. The Morgan fingerprint density at radius 3 is 2.67 bits per heavy atom. The predicted octanol–water partition coefficient (Wildman–Crippen LogP) is -0.358. The number of hydrogen-bond donors (Lipinski definition) is 2. The van der Waals surface area contributed by atoms with Gasteiger partial charge < -0.3 is 16.0 Å². The minimum absolute atomic E-state index is 0.123. The molecule has 0 aromatic carbocycles. The molecule has 0 aliphatic carbocycles. The van der Waals surface area contributed by atoms with Crippen molar-refractivity contribution in [2.45, 2.75) is 25.7 Å². The molecule has 2 amide bonds. The molecule has 2 rings (SSSR count). The van der Waals surface area contributed by atoms with Gasteiger partial charge in [-0.15, -0.1) is 0 Å². The van der Waals surface area contributed by atoms with E-state index in [1.807, 2.05) is 7.05 Å². The number of likely N-dealkylation sites (N-methyl/N-ethyl adjacent to an activating group) is 1. The van der Waals surface area contributed by atoms with E-state index in [-0.39, 0.29) is 17.7 Å². The molecule has 1 unspecified atom stereocenters. The molecule has 0 aromatic rings. The molecule has 3 N–H and O–H groups in total. The van der Waals surface area contributed by atoms with E-state index in [1.54, 1.807) is 4.90 Å². The summed E-state index contributed by atoms with van der Waals surface area (Å²) in [6.45, 7) is 4.83. The first-order valence-electron chi connectivity index (χ1n) is 8.02. The number of nitrogens with one attached hydrogen (secondary N) is 1. The van der Waals surface area contributed by atoms with Crippen LogP contribution < -0.4 is 11.1 Å². The van der Waals surface area contributed by atoms with Crippen molar-refractivity contribution in [2.24, 2.45) is 17.6 Å². The summed E-state index contributed by atoms with van der Waals surface area (Å²) in [4.78, 5) is 27.5. The van der Waals surface area contributed by atoms with E-state index >= 15 is 0 Å². The summed E-state index contributed by atoms with van der Waals surface area (Å²) in [5.41, 5.74) is 5.36. The van der Waals surface area contributed by atoms with Crippen LogP contribution in [0, 0.1) is 11.8 Å². The second-order valence-corrected chi connectivity index (χ2v) is 6.47. The lowest BCUT2D eigenvalue weighted by atomic mass is 9.97. The Balaban J connectivity index is 1.75. The maximum absolute atomic E-state index is 12.3. The number of nitrogens with zero attached hydrogens (tertiary/aromatic N) is 2. The van der Waals surface area contributed by atoms with Gasteiger partial charge in [0, 0.05) is 19.6 Å². The average molecular weight is 296 g/mol. The fourth-order valence-electron chi connectivity index (χ4n) is 3.34. The van der Waals surface area contributed by atoms with Gasteiger partial charge in [0.1, 0.15) is 0 Å². The van der Waals surface area contributed by atoms with E-state index in [1.165, 1.54) is 12.8 Å². The third-order valence-electron chi connectivity index (χ3n) is 4.61. The van der Waals surface area contributed by atoms with E-state index in [0.717, 1.165) is 39.0 Å². The fraction of sp³-hybridized carbons (Fsp3) is 0.867. The predicted molar refractivity (Wildman–Crippen MR) is 81.6 cm³/mol. The molecular weight excluding hydrogens is 268 g/mol. The quantitative estimate of drug-likeness (QED) is 0.726. The van der Waals surface area contributed by atoms with Crippen LogP contribution in [0.1, 0.15) is 25.7 Å². The van der Waals surface area contributed by atoms with Gasteiger partial charge in [-0.05, 0) is 51.7 Å². The number of hydrogen-bond acceptors (Lipinski definition) is 4. The van der Waals surface area contributed by atoms with Gasteiger partial charge in [-0.1, -0.05) is 0 Å². The molecule has 120 valence electrons. The maximum Gasteiger partial charge on any atom is 0.236 e. The van der Waals surface area contributed by atoms with Crippen LogP contribution in [0.2, 0.25) is 0 Å². The lowest BCUT2D eigenvalue weighted by Crippen LogP contribution is -2.47. The molecule has 6 nitrogen and oxygen atoms in total. The molecule has 2 heterocycles. The number of piperidine rings is 2. The zero-order chi connectivity index (χ0) is 15.2. The second-order valence-electron chi connectivity index (χ2n) is 6.47. The minimum atomic E-state index is -0.282. The number of carbonyl (C=O) groups is 2. The van der Waals surface area contributed by atoms with E-state index in [2.05, 4.69) is 10.2 Å². The summed E-state index contributed by atoms with van der Waals surface area (Å²) in [5.74, 6) is 0.356. The lowest BCUT2D eigenvalue weighted by Gasteiger charge is -2.33. The van der Waals surface area contributed by atoms with Gasteiger partial charge in [0.25, 0.3) is 0 Å². The summed E-state index contributed by atoms with van der Waals surface area (Å²) in [6.07, 6.45) is 4.05. The first-order chi connectivity index (χ1) is 10.1. The fourth-order valence-corrected chi connectivity index (χ4v) is 3.34. The van der Waals surface area contributed by atoms with Crippen LogP contribution in [0.4, 0.5) is 0 Å². The summed E-state index contributed by atoms with van der Waals surface area (Å²) in [6, 6.07) is 0. The molecule has 1 atom stereocenters. The Kier molecular flexibility index (Phi) is 5.99. The normalized spacial score (nSPS) is 24.3. The van der Waals surface area contributed by atoms with Crippen LogP contribution in [0.25, 0.3) is 0 Å². The average Bonchev–Trinajstić information content (AvgIpc) is 2.48. The van der Waals surface area contributed by atoms with Crippen LogP contribution in [0.3, 0.4) is 0 Å². The lowest BCUT2D eigenvalue weighted by molar-refractivity contribution is -0.135. The Morgan fingerprint density at radius 2 is 2.00 bits per heavy atom. The van der Waals surface area contributed by atoms with E-state index in [4.69, 9.17) is 5.73 Å². The number of rotatable bonds is 5. The summed E-state index contributed by atoms with van der Waals surface area (Å²) in [5, 5.41) is 3.36. The third-order valence-corrected chi connectivity index (χ3v) is 4.61. The van der Waals surface area contributed by atoms with Crippen molar-refractivity contribution in [3.63, 3.8) is 0 Å². The van der Waals surface area contributed by atoms with E-state index < -0.39 is 0 Å². The number of primary amides is 1. The number of amides is 2. The van der Waals surface area contributed by atoms with Crippen molar-refractivity contribution in [1.29, 1.82) is 0 Å². The molecule has 2 fully saturated rings. The molecule has 2 aliphatic heterocycles. The third kappa shape index (κ3) is 4.97. The van der Waals surface area contributed by atoms with Crippen molar-refractivity contribution in [3.05, 3.63) is 0 Å². The topological polar surface area (TPSA) is 78.7 Å². The number of likely N-dealkylation sites (tertiary alicyclic amines) is 1. The number of carbonyl (C=O) groups excluding carboxylic acids is 2. The minimum Gasteiger partial charge on any atom is -0.369 e. The molecule has 21 heavy (non-hydrogen) atoms. The van der Waals surface area contributed by atoms with Crippen molar-refractivity contribution in [2.75, 3.05) is 46.3 Å². The Bertz CT molecular complexity index is 369. The summed E-state index contributed by atoms with van der Waals surface area (Å²) >= 11 is 0. The van der Waals surface area contributed by atoms with Crippen molar-refractivity contribution in [1.82, 2.24) is 15.1 Å². The van der Waals surface area contributed by atoms with Gasteiger partial charge in [0.15, 0.2) is 0 Å². The highest BCUT2D eigenvalue weighted by molar-refractivity contribution is 5.81. The zero-order valence-corrected chi connectivity index (χ0v) is 13.0. The maximum atomic E-state index is 12.3. The van der Waals surface area contributed by atoms with Gasteiger partial charge in [0.2, 0.25) is 11.8 Å². The first-order valence-corrected chi connectivity index (χ1v) is 8.02. The van der Waals surface area contributed by atoms with Gasteiger partial charge >= 0.3 is 0 Å². The molecule has 6 heteroatoms. The van der Waals surface area contributed by atoms with Crippen LogP contribution in [0.5, 0.6) is 0 Å². The molecular formula is C15H28N4O2. The van der Waals surface area contributed by atoms with Gasteiger partial charge in [0.05, 0.1) is 12.5 Å². The van der Waals surface area contributed by atoms with Crippen LogP contribution in [0.15, 0.2) is 0 Å². The van der Waals surface area contributed by atoms with Crippen LogP contribution in [-0.4, -0.2) is 67.9 Å². The van der Waals surface area contributed by atoms with E-state index in [0.29, 0.717) is 19.0 Å². The summed E-state index contributed by atoms with van der Waals surface area (Å²) in [7, 11) is 2.01. The standard InChI is InChI=1S/C15H28N4O2/c1-18(9-12-4-6-17-7-5-12)11-14(20)19-8-2-3-13(10-19)15(16)21/h12-13,17H,2-11H2,1H3,(H2,16,21). The second kappa shape index (κ2) is 7.75. The zero-order valence-electron chi connectivity index (χ0n) is 13.0. The van der Waals surface area contributed by atoms with Crippen LogP contribution in [-0.2, 0) is 9.59 Å². The monoisotopic (exact) mass is 296 g/mol. The largest absolute Gasteiger partial charge is 0.369 e. The van der Waals surface area contributed by atoms with Crippen molar-refractivity contribution >= 4 is 11.8 Å². The first kappa shape index (κ1) is 16.2. The smallest absolute Gasteiger partial charge is 0.236 e. The number of nitrogens with two attached hydrogens (primary N) is 1. The Hall–Kier alpha value is -1.14. The van der Waals surface area contributed by atoms with E-state index in [9.17, 15) is 9.59 Å².